The molecule has 164 valence electrons. The fourth-order valence-corrected chi connectivity index (χ4v) is 3.28. The Hall–Kier alpha value is -2.17. The lowest BCUT2D eigenvalue weighted by molar-refractivity contribution is 0.321. The predicted molar refractivity (Wildman–Crippen MR) is 126 cm³/mol. The van der Waals surface area contributed by atoms with E-state index in [1.165, 1.54) is 12.1 Å². The third-order valence-electron chi connectivity index (χ3n) is 4.63. The van der Waals surface area contributed by atoms with E-state index in [-0.39, 0.29) is 47.4 Å². The molecule has 1 aromatic carbocycles. The molecule has 0 aliphatic carbocycles. The molecule has 30 heavy (non-hydrogen) atoms. The Balaban J connectivity index is 0.00000320. The number of nitrogens with one attached hydrogen (secondary N) is 2. The van der Waals surface area contributed by atoms with E-state index < -0.39 is 0 Å². The van der Waals surface area contributed by atoms with Crippen molar-refractivity contribution < 1.29 is 13.5 Å². The van der Waals surface area contributed by atoms with E-state index in [2.05, 4.69) is 20.6 Å². The van der Waals surface area contributed by atoms with Crippen LogP contribution >= 0.6 is 24.0 Å². The van der Waals surface area contributed by atoms with Gasteiger partial charge in [-0.3, -0.25) is 0 Å². The molecule has 1 aliphatic heterocycles. The van der Waals surface area contributed by atoms with Crippen molar-refractivity contribution >= 4 is 35.8 Å². The molecule has 0 spiro atoms. The van der Waals surface area contributed by atoms with E-state index >= 15 is 0 Å². The minimum absolute atomic E-state index is 0. The van der Waals surface area contributed by atoms with Crippen molar-refractivity contribution in [1.82, 2.24) is 15.6 Å². The summed E-state index contributed by atoms with van der Waals surface area (Å²) < 4.78 is 33.2. The second kappa shape index (κ2) is 11.9. The third kappa shape index (κ3) is 6.41. The van der Waals surface area contributed by atoms with Crippen LogP contribution in [-0.4, -0.2) is 43.2 Å². The number of aliphatic imine (C=N–C) groups is 1. The molecule has 6 nitrogen and oxygen atoms in total. The smallest absolute Gasteiger partial charge is 0.191 e. The normalized spacial score (nSPS) is 16.2. The maximum absolute atomic E-state index is 14.0. The van der Waals surface area contributed by atoms with Crippen molar-refractivity contribution in [3.05, 3.63) is 53.7 Å². The standard InChI is InChI=1S/C21H27F2N5O.HI/c1-3-24-21(26-13-15-7-8-19(29-4-2)18(23)12-15)27-16-9-11-28(14-16)20-17(22)6-5-10-25-20;/h5-8,10,12,16H,3-4,9,11,13-14H2,1-2H3,(H2,24,26,27);1H. The zero-order chi connectivity index (χ0) is 20.6. The van der Waals surface area contributed by atoms with Gasteiger partial charge < -0.3 is 20.3 Å². The molecular weight excluding hydrogens is 503 g/mol. The molecule has 1 saturated heterocycles. The van der Waals surface area contributed by atoms with Gasteiger partial charge in [0, 0.05) is 31.9 Å². The molecule has 1 aliphatic rings. The van der Waals surface area contributed by atoms with Crippen LogP contribution in [0.5, 0.6) is 5.75 Å². The van der Waals surface area contributed by atoms with Crippen molar-refractivity contribution in [3.8, 4) is 5.75 Å². The maximum atomic E-state index is 14.0. The average molecular weight is 531 g/mol. The van der Waals surface area contributed by atoms with Crippen LogP contribution in [0.2, 0.25) is 0 Å². The largest absolute Gasteiger partial charge is 0.491 e. The Morgan fingerprint density at radius 1 is 1.27 bits per heavy atom. The van der Waals surface area contributed by atoms with Crippen LogP contribution < -0.4 is 20.3 Å². The summed E-state index contributed by atoms with van der Waals surface area (Å²) in [7, 11) is 0. The topological polar surface area (TPSA) is 61.8 Å². The second-order valence-corrected chi connectivity index (χ2v) is 6.78. The van der Waals surface area contributed by atoms with Crippen LogP contribution in [0.25, 0.3) is 0 Å². The number of rotatable bonds is 7. The fourth-order valence-electron chi connectivity index (χ4n) is 3.28. The summed E-state index contributed by atoms with van der Waals surface area (Å²) in [6, 6.07) is 8.00. The van der Waals surface area contributed by atoms with Crippen molar-refractivity contribution in [2.24, 2.45) is 4.99 Å². The summed E-state index contributed by atoms with van der Waals surface area (Å²) >= 11 is 0. The van der Waals surface area contributed by atoms with Gasteiger partial charge in [0.1, 0.15) is 0 Å². The summed E-state index contributed by atoms with van der Waals surface area (Å²) in [5.41, 5.74) is 0.756. The lowest BCUT2D eigenvalue weighted by Gasteiger charge is -2.20. The number of hydrogen-bond acceptors (Lipinski definition) is 4. The van der Waals surface area contributed by atoms with Gasteiger partial charge in [0.2, 0.25) is 0 Å². The first kappa shape index (κ1) is 24.1. The molecule has 9 heteroatoms. The highest BCUT2D eigenvalue weighted by atomic mass is 127. The lowest BCUT2D eigenvalue weighted by atomic mass is 10.2. The molecule has 1 fully saturated rings. The molecule has 0 amide bonds. The first-order valence-electron chi connectivity index (χ1n) is 9.92. The first-order valence-corrected chi connectivity index (χ1v) is 9.92. The summed E-state index contributed by atoms with van der Waals surface area (Å²) in [5, 5.41) is 6.59. The number of ether oxygens (including phenoxy) is 1. The Labute approximate surface area is 193 Å². The van der Waals surface area contributed by atoms with Crippen LogP contribution in [-0.2, 0) is 6.54 Å². The highest BCUT2D eigenvalue weighted by Gasteiger charge is 2.25. The fraction of sp³-hybridized carbons (Fsp3) is 0.429. The molecule has 1 atom stereocenters. The first-order chi connectivity index (χ1) is 14.1. The van der Waals surface area contributed by atoms with Gasteiger partial charge >= 0.3 is 0 Å². The van der Waals surface area contributed by atoms with Gasteiger partial charge in [-0.2, -0.15) is 0 Å². The third-order valence-corrected chi connectivity index (χ3v) is 4.63. The van der Waals surface area contributed by atoms with Crippen LogP contribution in [0.1, 0.15) is 25.8 Å². The van der Waals surface area contributed by atoms with Crippen molar-refractivity contribution in [2.75, 3.05) is 31.1 Å². The zero-order valence-electron chi connectivity index (χ0n) is 17.2. The SMILES string of the molecule is CCNC(=NCc1ccc(OCC)c(F)c1)NC1CCN(c2ncccc2F)C1.I. The molecule has 2 aromatic rings. The number of halogens is 3. The van der Waals surface area contributed by atoms with Gasteiger partial charge in [-0.1, -0.05) is 6.07 Å². The van der Waals surface area contributed by atoms with E-state index in [9.17, 15) is 8.78 Å². The number of nitrogens with zero attached hydrogens (tertiary/aromatic N) is 3. The zero-order valence-corrected chi connectivity index (χ0v) is 19.5. The molecule has 0 bridgehead atoms. The van der Waals surface area contributed by atoms with Crippen LogP contribution in [0.4, 0.5) is 14.6 Å². The summed E-state index contributed by atoms with van der Waals surface area (Å²) in [4.78, 5) is 10.6. The molecule has 0 saturated carbocycles. The molecule has 1 unspecified atom stereocenters. The van der Waals surface area contributed by atoms with Gasteiger partial charge in [0.25, 0.3) is 0 Å². The van der Waals surface area contributed by atoms with E-state index in [0.717, 1.165) is 18.5 Å². The number of hydrogen-bond donors (Lipinski definition) is 2. The average Bonchev–Trinajstić information content (AvgIpc) is 3.17. The predicted octanol–water partition coefficient (Wildman–Crippen LogP) is 3.71. The number of aromatic nitrogens is 1. The molecule has 3 rings (SSSR count). The van der Waals surface area contributed by atoms with E-state index in [0.29, 0.717) is 38.0 Å². The van der Waals surface area contributed by atoms with Crippen LogP contribution in [0, 0.1) is 11.6 Å². The van der Waals surface area contributed by atoms with Gasteiger partial charge in [0.05, 0.1) is 13.2 Å². The molecular formula is C21H28F2IN5O. The Bertz CT molecular complexity index is 852. The van der Waals surface area contributed by atoms with Crippen LogP contribution in [0.15, 0.2) is 41.5 Å². The highest BCUT2D eigenvalue weighted by molar-refractivity contribution is 14.0. The molecule has 0 radical (unpaired) electrons. The van der Waals surface area contributed by atoms with Crippen molar-refractivity contribution in [1.29, 1.82) is 0 Å². The highest BCUT2D eigenvalue weighted by Crippen LogP contribution is 2.21. The summed E-state index contributed by atoms with van der Waals surface area (Å²) in [6.07, 6.45) is 2.44. The minimum Gasteiger partial charge on any atom is -0.491 e. The molecule has 1 aromatic heterocycles. The Morgan fingerprint density at radius 3 is 2.80 bits per heavy atom. The monoisotopic (exact) mass is 531 g/mol. The number of benzene rings is 1. The number of pyridine rings is 1. The number of anilines is 1. The quantitative estimate of drug-likeness (QED) is 0.324. The lowest BCUT2D eigenvalue weighted by Crippen LogP contribution is -2.44. The van der Waals surface area contributed by atoms with E-state index in [1.54, 1.807) is 18.3 Å². The Kier molecular flexibility index (Phi) is 9.54. The number of guanidine groups is 1. The van der Waals surface area contributed by atoms with Gasteiger partial charge in [-0.25, -0.2) is 18.8 Å². The Morgan fingerprint density at radius 2 is 2.10 bits per heavy atom. The second-order valence-electron chi connectivity index (χ2n) is 6.78. The van der Waals surface area contributed by atoms with Gasteiger partial charge in [-0.15, -0.1) is 24.0 Å². The summed E-state index contributed by atoms with van der Waals surface area (Å²) in [6.45, 7) is 6.62. The summed E-state index contributed by atoms with van der Waals surface area (Å²) in [5.74, 6) is 0.574. The van der Waals surface area contributed by atoms with Gasteiger partial charge in [-0.05, 0) is 50.1 Å². The molecule has 2 N–H and O–H groups in total. The maximum Gasteiger partial charge on any atom is 0.191 e. The van der Waals surface area contributed by atoms with Gasteiger partial charge in [0.15, 0.2) is 29.2 Å². The minimum atomic E-state index is -0.388. The van der Waals surface area contributed by atoms with Crippen LogP contribution in [0.3, 0.4) is 0 Å². The van der Waals surface area contributed by atoms with E-state index in [4.69, 9.17) is 4.74 Å². The molecule has 2 heterocycles. The van der Waals surface area contributed by atoms with E-state index in [1.807, 2.05) is 24.8 Å². The van der Waals surface area contributed by atoms with Crippen molar-refractivity contribution in [3.63, 3.8) is 0 Å². The van der Waals surface area contributed by atoms with Crippen molar-refractivity contribution in [2.45, 2.75) is 32.9 Å².